The second kappa shape index (κ2) is 7.23. The zero-order chi connectivity index (χ0) is 16.2. The number of hydrogen-bond donors (Lipinski definition) is 2. The molecule has 1 fully saturated rings. The van der Waals surface area contributed by atoms with Crippen LogP contribution in [0.2, 0.25) is 0 Å². The number of fused-ring (bicyclic) bond motifs is 1. The van der Waals surface area contributed by atoms with Crippen LogP contribution >= 0.6 is 0 Å². The van der Waals surface area contributed by atoms with Gasteiger partial charge in [-0.15, -0.1) is 0 Å². The molecule has 1 saturated heterocycles. The second-order valence-electron chi connectivity index (χ2n) is 6.46. The number of piperidine rings is 1. The van der Waals surface area contributed by atoms with Gasteiger partial charge >= 0.3 is 0 Å². The number of carbonyl (C=O) groups excluding carboxylic acids is 2. The van der Waals surface area contributed by atoms with E-state index in [2.05, 4.69) is 10.2 Å². The normalized spacial score (nSPS) is 21.3. The molecule has 0 spiro atoms. The SMILES string of the molecule is O=C1CCc2c1cccc2C(=O)NCCCN1CCCC(O)C1. The van der Waals surface area contributed by atoms with Crippen molar-refractivity contribution < 1.29 is 14.7 Å². The Morgan fingerprint density at radius 1 is 1.35 bits per heavy atom. The molecule has 0 radical (unpaired) electrons. The van der Waals surface area contributed by atoms with Gasteiger partial charge in [-0.3, -0.25) is 9.59 Å². The number of benzene rings is 1. The van der Waals surface area contributed by atoms with Crippen LogP contribution in [0.1, 0.15) is 52.0 Å². The molecular formula is C18H24N2O3. The summed E-state index contributed by atoms with van der Waals surface area (Å²) in [6.07, 6.45) is 3.78. The first-order valence-electron chi connectivity index (χ1n) is 8.49. The van der Waals surface area contributed by atoms with E-state index >= 15 is 0 Å². The van der Waals surface area contributed by atoms with Crippen LogP contribution in [0.5, 0.6) is 0 Å². The first-order valence-corrected chi connectivity index (χ1v) is 8.49. The van der Waals surface area contributed by atoms with E-state index in [-0.39, 0.29) is 17.8 Å². The van der Waals surface area contributed by atoms with Crippen molar-refractivity contribution in [1.29, 1.82) is 0 Å². The largest absolute Gasteiger partial charge is 0.392 e. The van der Waals surface area contributed by atoms with Gasteiger partial charge in [0.25, 0.3) is 5.91 Å². The highest BCUT2D eigenvalue weighted by molar-refractivity contribution is 6.05. The highest BCUT2D eigenvalue weighted by Crippen LogP contribution is 2.25. The fraction of sp³-hybridized carbons (Fsp3) is 0.556. The van der Waals surface area contributed by atoms with Crippen molar-refractivity contribution in [2.45, 2.75) is 38.2 Å². The predicted molar refractivity (Wildman–Crippen MR) is 87.7 cm³/mol. The fourth-order valence-electron chi connectivity index (χ4n) is 3.54. The van der Waals surface area contributed by atoms with E-state index in [0.717, 1.165) is 44.5 Å². The lowest BCUT2D eigenvalue weighted by Crippen LogP contribution is -2.39. The molecule has 0 aromatic heterocycles. The number of ketones is 1. The maximum Gasteiger partial charge on any atom is 0.251 e. The number of carbonyl (C=O) groups is 2. The number of Topliss-reactive ketones (excluding diaryl/α,β-unsaturated/α-hetero) is 1. The molecule has 1 atom stereocenters. The summed E-state index contributed by atoms with van der Waals surface area (Å²) in [5.74, 6) is 0.0496. The zero-order valence-corrected chi connectivity index (χ0v) is 13.4. The van der Waals surface area contributed by atoms with E-state index in [1.807, 2.05) is 6.07 Å². The lowest BCUT2D eigenvalue weighted by molar-refractivity contribution is 0.0697. The van der Waals surface area contributed by atoms with Gasteiger partial charge in [0, 0.05) is 30.6 Å². The molecule has 3 rings (SSSR count). The molecule has 5 heteroatoms. The number of β-amino-alcohol motifs (C(OH)–C–C–N with tert-alkyl or cyclic N) is 1. The first-order chi connectivity index (χ1) is 11.1. The lowest BCUT2D eigenvalue weighted by Gasteiger charge is -2.29. The van der Waals surface area contributed by atoms with E-state index in [0.29, 0.717) is 30.5 Å². The molecule has 1 aromatic rings. The Balaban J connectivity index is 1.48. The van der Waals surface area contributed by atoms with Gasteiger partial charge in [-0.1, -0.05) is 12.1 Å². The summed E-state index contributed by atoms with van der Waals surface area (Å²) in [5, 5.41) is 12.6. The van der Waals surface area contributed by atoms with Crippen LogP contribution < -0.4 is 5.32 Å². The number of nitrogens with zero attached hydrogens (tertiary/aromatic N) is 1. The molecule has 23 heavy (non-hydrogen) atoms. The Bertz CT molecular complexity index is 600. The maximum atomic E-state index is 12.3. The van der Waals surface area contributed by atoms with E-state index in [4.69, 9.17) is 0 Å². The van der Waals surface area contributed by atoms with Crippen LogP contribution in [0.15, 0.2) is 18.2 Å². The molecule has 1 aliphatic heterocycles. The number of nitrogens with one attached hydrogen (secondary N) is 1. The third-order valence-electron chi connectivity index (χ3n) is 4.74. The van der Waals surface area contributed by atoms with Gasteiger partial charge < -0.3 is 15.3 Å². The first kappa shape index (κ1) is 16.1. The summed E-state index contributed by atoms with van der Waals surface area (Å²) in [6.45, 7) is 3.27. The molecule has 2 N–H and O–H groups in total. The zero-order valence-electron chi connectivity index (χ0n) is 13.4. The summed E-state index contributed by atoms with van der Waals surface area (Å²) in [5.41, 5.74) is 2.25. The Labute approximate surface area is 136 Å². The Hall–Kier alpha value is -1.72. The van der Waals surface area contributed by atoms with Crippen LogP contribution in [0.4, 0.5) is 0 Å². The van der Waals surface area contributed by atoms with E-state index in [1.165, 1.54) is 0 Å². The summed E-state index contributed by atoms with van der Waals surface area (Å²) < 4.78 is 0. The van der Waals surface area contributed by atoms with Crippen LogP contribution in [0.3, 0.4) is 0 Å². The monoisotopic (exact) mass is 316 g/mol. The number of amides is 1. The number of aliphatic hydroxyl groups is 1. The summed E-state index contributed by atoms with van der Waals surface area (Å²) >= 11 is 0. The quantitative estimate of drug-likeness (QED) is 0.806. The number of rotatable bonds is 5. The Morgan fingerprint density at radius 3 is 3.04 bits per heavy atom. The van der Waals surface area contributed by atoms with Crippen molar-refractivity contribution in [3.05, 3.63) is 34.9 Å². The Morgan fingerprint density at radius 2 is 2.22 bits per heavy atom. The minimum Gasteiger partial charge on any atom is -0.392 e. The van der Waals surface area contributed by atoms with Crippen molar-refractivity contribution in [3.63, 3.8) is 0 Å². The van der Waals surface area contributed by atoms with Gasteiger partial charge in [-0.2, -0.15) is 0 Å². The van der Waals surface area contributed by atoms with Crippen molar-refractivity contribution in [2.24, 2.45) is 0 Å². The van der Waals surface area contributed by atoms with Crippen LogP contribution in [0, 0.1) is 0 Å². The van der Waals surface area contributed by atoms with Gasteiger partial charge in [0.05, 0.1) is 6.10 Å². The van der Waals surface area contributed by atoms with Gasteiger partial charge in [0.1, 0.15) is 0 Å². The fourth-order valence-corrected chi connectivity index (χ4v) is 3.54. The maximum absolute atomic E-state index is 12.3. The minimum absolute atomic E-state index is 0.0878. The molecule has 1 heterocycles. The standard InChI is InChI=1S/C18H24N2O3/c21-13-4-2-10-20(12-13)11-3-9-19-18(23)16-6-1-5-15-14(16)7-8-17(15)22/h1,5-6,13,21H,2-4,7-12H2,(H,19,23). The summed E-state index contributed by atoms with van der Waals surface area (Å²) in [4.78, 5) is 26.3. The molecule has 1 amide bonds. The van der Waals surface area contributed by atoms with Gasteiger partial charge in [0.2, 0.25) is 0 Å². The Kier molecular flexibility index (Phi) is 5.08. The van der Waals surface area contributed by atoms with Gasteiger partial charge in [-0.25, -0.2) is 0 Å². The molecule has 0 bridgehead atoms. The lowest BCUT2D eigenvalue weighted by atomic mass is 10.0. The minimum atomic E-state index is -0.206. The molecule has 124 valence electrons. The molecule has 0 saturated carbocycles. The summed E-state index contributed by atoms with van der Waals surface area (Å²) in [7, 11) is 0. The van der Waals surface area contributed by atoms with E-state index in [9.17, 15) is 14.7 Å². The van der Waals surface area contributed by atoms with Crippen LogP contribution in [0.25, 0.3) is 0 Å². The average molecular weight is 316 g/mol. The molecule has 1 unspecified atom stereocenters. The van der Waals surface area contributed by atoms with Crippen molar-refractivity contribution in [2.75, 3.05) is 26.2 Å². The number of hydrogen-bond acceptors (Lipinski definition) is 4. The average Bonchev–Trinajstić information content (AvgIpc) is 2.93. The van der Waals surface area contributed by atoms with Crippen molar-refractivity contribution in [1.82, 2.24) is 10.2 Å². The number of likely N-dealkylation sites (tertiary alicyclic amines) is 1. The highest BCUT2D eigenvalue weighted by atomic mass is 16.3. The van der Waals surface area contributed by atoms with Crippen LogP contribution in [-0.4, -0.2) is 54.0 Å². The summed E-state index contributed by atoms with van der Waals surface area (Å²) in [6, 6.07) is 5.39. The van der Waals surface area contributed by atoms with Crippen molar-refractivity contribution >= 4 is 11.7 Å². The molecule has 5 nitrogen and oxygen atoms in total. The van der Waals surface area contributed by atoms with E-state index in [1.54, 1.807) is 12.1 Å². The molecule has 1 aromatic carbocycles. The van der Waals surface area contributed by atoms with Gasteiger partial charge in [-0.05, 0) is 50.4 Å². The highest BCUT2D eigenvalue weighted by Gasteiger charge is 2.24. The van der Waals surface area contributed by atoms with Crippen molar-refractivity contribution in [3.8, 4) is 0 Å². The van der Waals surface area contributed by atoms with Gasteiger partial charge in [0.15, 0.2) is 5.78 Å². The number of aliphatic hydroxyl groups excluding tert-OH is 1. The predicted octanol–water partition coefficient (Wildman–Crippen LogP) is 1.39. The molecular weight excluding hydrogens is 292 g/mol. The third kappa shape index (κ3) is 3.79. The third-order valence-corrected chi connectivity index (χ3v) is 4.74. The van der Waals surface area contributed by atoms with E-state index < -0.39 is 0 Å². The smallest absolute Gasteiger partial charge is 0.251 e. The molecule has 1 aliphatic carbocycles. The second-order valence-corrected chi connectivity index (χ2v) is 6.46. The topological polar surface area (TPSA) is 69.6 Å². The van der Waals surface area contributed by atoms with Crippen LogP contribution in [-0.2, 0) is 6.42 Å². The molecule has 2 aliphatic rings.